The minimum absolute atomic E-state index is 0.0951. The molecule has 0 spiro atoms. The second kappa shape index (κ2) is 7.15. The van der Waals surface area contributed by atoms with Crippen molar-refractivity contribution in [2.45, 2.75) is 45.2 Å². The van der Waals surface area contributed by atoms with E-state index in [-0.39, 0.29) is 24.5 Å². The number of hydrogen-bond donors (Lipinski definition) is 3. The van der Waals surface area contributed by atoms with Gasteiger partial charge in [0.15, 0.2) is 6.61 Å². The summed E-state index contributed by atoms with van der Waals surface area (Å²) in [6.07, 6.45) is 2.93. The maximum Gasteiger partial charge on any atom is 0.258 e. The summed E-state index contributed by atoms with van der Waals surface area (Å²) in [5, 5.41) is 5.70. The normalized spacial score (nSPS) is 15.0. The summed E-state index contributed by atoms with van der Waals surface area (Å²) in [7, 11) is 0. The van der Waals surface area contributed by atoms with Gasteiger partial charge in [-0.3, -0.25) is 9.59 Å². The summed E-state index contributed by atoms with van der Waals surface area (Å²) in [5.41, 5.74) is 6.73. The van der Waals surface area contributed by atoms with Gasteiger partial charge in [-0.2, -0.15) is 0 Å². The Hall–Kier alpha value is -2.24. The Morgan fingerprint density at radius 3 is 2.73 bits per heavy atom. The fourth-order valence-corrected chi connectivity index (χ4v) is 1.88. The van der Waals surface area contributed by atoms with Crippen molar-refractivity contribution in [3.63, 3.8) is 0 Å². The second-order valence-corrected chi connectivity index (χ2v) is 5.67. The minimum atomic E-state index is -0.190. The average Bonchev–Trinajstić information content (AvgIpc) is 3.29. The SMILES string of the molecule is CCC(C)NC(=O)COc1ccc(C(=O)NC2CC2)cc1N. The third kappa shape index (κ3) is 4.65. The van der Waals surface area contributed by atoms with Gasteiger partial charge in [0.05, 0.1) is 5.69 Å². The molecule has 0 aliphatic heterocycles. The highest BCUT2D eigenvalue weighted by molar-refractivity contribution is 5.95. The van der Waals surface area contributed by atoms with Gasteiger partial charge in [0.1, 0.15) is 5.75 Å². The fraction of sp³-hybridized carbons (Fsp3) is 0.500. The molecule has 6 nitrogen and oxygen atoms in total. The number of rotatable bonds is 7. The highest BCUT2D eigenvalue weighted by atomic mass is 16.5. The van der Waals surface area contributed by atoms with Crippen LogP contribution in [0.25, 0.3) is 0 Å². The molecule has 0 saturated heterocycles. The Morgan fingerprint density at radius 1 is 1.41 bits per heavy atom. The average molecular weight is 305 g/mol. The molecule has 1 aromatic carbocycles. The molecule has 1 aromatic rings. The Labute approximate surface area is 130 Å². The lowest BCUT2D eigenvalue weighted by Crippen LogP contribution is -2.35. The maximum absolute atomic E-state index is 11.9. The number of anilines is 1. The molecular weight excluding hydrogens is 282 g/mol. The zero-order valence-corrected chi connectivity index (χ0v) is 13.0. The third-order valence-electron chi connectivity index (χ3n) is 3.56. The van der Waals surface area contributed by atoms with E-state index in [0.717, 1.165) is 19.3 Å². The van der Waals surface area contributed by atoms with Crippen LogP contribution in [-0.4, -0.2) is 30.5 Å². The molecule has 1 unspecified atom stereocenters. The molecule has 1 aliphatic carbocycles. The molecule has 0 radical (unpaired) electrons. The molecule has 6 heteroatoms. The van der Waals surface area contributed by atoms with Crippen LogP contribution in [0.1, 0.15) is 43.5 Å². The van der Waals surface area contributed by atoms with Gasteiger partial charge >= 0.3 is 0 Å². The Balaban J connectivity index is 1.89. The van der Waals surface area contributed by atoms with Crippen LogP contribution in [0.3, 0.4) is 0 Å². The van der Waals surface area contributed by atoms with E-state index < -0.39 is 0 Å². The van der Waals surface area contributed by atoms with Crippen LogP contribution in [0.4, 0.5) is 5.69 Å². The van der Waals surface area contributed by atoms with Gasteiger partial charge < -0.3 is 21.1 Å². The summed E-state index contributed by atoms with van der Waals surface area (Å²) < 4.78 is 5.40. The van der Waals surface area contributed by atoms with Crippen molar-refractivity contribution in [1.29, 1.82) is 0 Å². The number of ether oxygens (including phenoxy) is 1. The highest BCUT2D eigenvalue weighted by Crippen LogP contribution is 2.24. The smallest absolute Gasteiger partial charge is 0.258 e. The molecule has 0 bridgehead atoms. The van der Waals surface area contributed by atoms with Crippen molar-refractivity contribution in [2.75, 3.05) is 12.3 Å². The number of benzene rings is 1. The lowest BCUT2D eigenvalue weighted by molar-refractivity contribution is -0.123. The second-order valence-electron chi connectivity index (χ2n) is 5.67. The molecule has 22 heavy (non-hydrogen) atoms. The zero-order valence-electron chi connectivity index (χ0n) is 13.0. The molecule has 4 N–H and O–H groups in total. The third-order valence-corrected chi connectivity index (χ3v) is 3.56. The van der Waals surface area contributed by atoms with Crippen LogP contribution in [0.15, 0.2) is 18.2 Å². The summed E-state index contributed by atoms with van der Waals surface area (Å²) >= 11 is 0. The molecule has 0 aromatic heterocycles. The predicted molar refractivity (Wildman–Crippen MR) is 84.7 cm³/mol. The van der Waals surface area contributed by atoms with Crippen molar-refractivity contribution >= 4 is 17.5 Å². The van der Waals surface area contributed by atoms with Gasteiger partial charge in [0, 0.05) is 17.6 Å². The van der Waals surface area contributed by atoms with E-state index in [9.17, 15) is 9.59 Å². The molecule has 1 atom stereocenters. The van der Waals surface area contributed by atoms with E-state index >= 15 is 0 Å². The summed E-state index contributed by atoms with van der Waals surface area (Å²) in [5.74, 6) is 0.0850. The van der Waals surface area contributed by atoms with Crippen LogP contribution >= 0.6 is 0 Å². The summed E-state index contributed by atoms with van der Waals surface area (Å²) in [6.45, 7) is 3.83. The first kappa shape index (κ1) is 16.1. The number of hydrogen-bond acceptors (Lipinski definition) is 4. The number of carbonyl (C=O) groups excluding carboxylic acids is 2. The number of nitrogens with two attached hydrogens (primary N) is 1. The minimum Gasteiger partial charge on any atom is -0.482 e. The number of carbonyl (C=O) groups is 2. The summed E-state index contributed by atoms with van der Waals surface area (Å²) in [4.78, 5) is 23.6. The predicted octanol–water partition coefficient (Wildman–Crippen LogP) is 1.45. The zero-order chi connectivity index (χ0) is 16.1. The molecule has 0 heterocycles. The van der Waals surface area contributed by atoms with Crippen molar-refractivity contribution in [3.05, 3.63) is 23.8 Å². The van der Waals surface area contributed by atoms with Crippen LogP contribution < -0.4 is 21.1 Å². The van der Waals surface area contributed by atoms with Gasteiger partial charge in [-0.1, -0.05) is 6.92 Å². The molecule has 1 saturated carbocycles. The van der Waals surface area contributed by atoms with Crippen LogP contribution in [0.2, 0.25) is 0 Å². The van der Waals surface area contributed by atoms with E-state index in [2.05, 4.69) is 10.6 Å². The maximum atomic E-state index is 11.9. The van der Waals surface area contributed by atoms with Gasteiger partial charge in [-0.15, -0.1) is 0 Å². The topological polar surface area (TPSA) is 93.4 Å². The first-order chi connectivity index (χ1) is 10.5. The van der Waals surface area contributed by atoms with E-state index in [0.29, 0.717) is 23.0 Å². The van der Waals surface area contributed by atoms with Gasteiger partial charge in [0.25, 0.3) is 11.8 Å². The van der Waals surface area contributed by atoms with Crippen LogP contribution in [0, 0.1) is 0 Å². The van der Waals surface area contributed by atoms with E-state index in [1.165, 1.54) is 0 Å². The fourth-order valence-electron chi connectivity index (χ4n) is 1.88. The van der Waals surface area contributed by atoms with E-state index in [4.69, 9.17) is 10.5 Å². The van der Waals surface area contributed by atoms with Crippen molar-refractivity contribution in [1.82, 2.24) is 10.6 Å². The van der Waals surface area contributed by atoms with E-state index in [1.54, 1.807) is 18.2 Å². The monoisotopic (exact) mass is 305 g/mol. The number of nitrogens with one attached hydrogen (secondary N) is 2. The van der Waals surface area contributed by atoms with Crippen LogP contribution in [-0.2, 0) is 4.79 Å². The Morgan fingerprint density at radius 2 is 2.14 bits per heavy atom. The number of nitrogen functional groups attached to an aromatic ring is 1. The Kier molecular flexibility index (Phi) is 5.25. The molecule has 120 valence electrons. The Bertz CT molecular complexity index is 556. The molecule has 2 amide bonds. The first-order valence-electron chi connectivity index (χ1n) is 7.62. The number of amides is 2. The highest BCUT2D eigenvalue weighted by Gasteiger charge is 2.24. The van der Waals surface area contributed by atoms with Crippen molar-refractivity contribution < 1.29 is 14.3 Å². The van der Waals surface area contributed by atoms with Gasteiger partial charge in [-0.25, -0.2) is 0 Å². The quantitative estimate of drug-likeness (QED) is 0.665. The summed E-state index contributed by atoms with van der Waals surface area (Å²) in [6, 6.07) is 5.25. The van der Waals surface area contributed by atoms with Crippen molar-refractivity contribution in [3.8, 4) is 5.75 Å². The first-order valence-corrected chi connectivity index (χ1v) is 7.62. The molecule has 2 rings (SSSR count). The largest absolute Gasteiger partial charge is 0.482 e. The lowest BCUT2D eigenvalue weighted by atomic mass is 10.1. The molecule has 1 aliphatic rings. The van der Waals surface area contributed by atoms with Crippen molar-refractivity contribution in [2.24, 2.45) is 0 Å². The van der Waals surface area contributed by atoms with E-state index in [1.807, 2.05) is 13.8 Å². The molecule has 1 fully saturated rings. The lowest BCUT2D eigenvalue weighted by Gasteiger charge is -2.13. The van der Waals surface area contributed by atoms with Gasteiger partial charge in [-0.05, 0) is 44.4 Å². The van der Waals surface area contributed by atoms with Crippen LogP contribution in [0.5, 0.6) is 5.75 Å². The standard InChI is InChI=1S/C16H23N3O3/c1-3-10(2)18-15(20)9-22-14-7-4-11(8-13(14)17)16(21)19-12-5-6-12/h4,7-8,10,12H,3,5-6,9,17H2,1-2H3,(H,18,20)(H,19,21). The molecular formula is C16H23N3O3. The van der Waals surface area contributed by atoms with Gasteiger partial charge in [0.2, 0.25) is 0 Å².